The molecule has 1 aliphatic heterocycles. The summed E-state index contributed by atoms with van der Waals surface area (Å²) >= 11 is 3.29. The van der Waals surface area contributed by atoms with Gasteiger partial charge in [-0.05, 0) is 28.1 Å². The number of carbonyl (C=O) groups is 1. The Kier molecular flexibility index (Phi) is 4.16. The molecule has 1 N–H and O–H groups in total. The second-order valence-corrected chi connectivity index (χ2v) is 6.65. The van der Waals surface area contributed by atoms with Crippen molar-refractivity contribution in [2.24, 2.45) is 0 Å². The van der Waals surface area contributed by atoms with E-state index in [0.717, 1.165) is 4.90 Å². The molecule has 0 saturated carbocycles. The lowest BCUT2D eigenvalue weighted by Crippen LogP contribution is -2.32. The predicted molar refractivity (Wildman–Crippen MR) is 95.2 cm³/mol. The summed E-state index contributed by atoms with van der Waals surface area (Å²) in [5.74, 6) is 0.0490. The Balaban J connectivity index is 1.85. The molecule has 1 aromatic carbocycles. The first-order chi connectivity index (χ1) is 13.0. The number of amides is 1. The molecule has 136 valence electrons. The number of nitrogens with zero attached hydrogens (tertiary/aromatic N) is 5. The molecule has 0 radical (unpaired) electrons. The number of halogens is 2. The summed E-state index contributed by atoms with van der Waals surface area (Å²) in [7, 11) is 0. The summed E-state index contributed by atoms with van der Waals surface area (Å²) in [5.41, 5.74) is 1.40. The SMILES string of the molecule is N#Cc1ncn2c(N(Cc3c(F)ccc4c3CCO4)C(=O)O)ncc(Br)c12. The van der Waals surface area contributed by atoms with Crippen molar-refractivity contribution in [3.8, 4) is 11.8 Å². The van der Waals surface area contributed by atoms with Gasteiger partial charge in [-0.1, -0.05) is 0 Å². The molecule has 0 fully saturated rings. The van der Waals surface area contributed by atoms with Crippen LogP contribution in [0.1, 0.15) is 16.8 Å². The van der Waals surface area contributed by atoms with Crippen molar-refractivity contribution in [2.75, 3.05) is 11.5 Å². The maximum atomic E-state index is 14.5. The number of hydrogen-bond acceptors (Lipinski definition) is 5. The highest BCUT2D eigenvalue weighted by Crippen LogP contribution is 2.32. The molecule has 1 aliphatic rings. The molecule has 3 heterocycles. The molecule has 0 saturated heterocycles. The summed E-state index contributed by atoms with van der Waals surface area (Å²) in [5, 5.41) is 18.9. The molecule has 1 amide bonds. The summed E-state index contributed by atoms with van der Waals surface area (Å²) in [6, 6.07) is 4.74. The van der Waals surface area contributed by atoms with Gasteiger partial charge in [0.2, 0.25) is 5.95 Å². The number of hydrogen-bond donors (Lipinski definition) is 1. The fraction of sp³-hybridized carbons (Fsp3) is 0.176. The van der Waals surface area contributed by atoms with E-state index in [9.17, 15) is 19.6 Å². The standard InChI is InChI=1S/C17H11BrFN5O3/c18-11-6-21-16(24-8-22-13(5-20)15(11)24)23(17(25)26)7-10-9-3-4-27-14(9)2-1-12(10)19/h1-2,6,8H,3-4,7H2,(H,25,26). The van der Waals surface area contributed by atoms with Crippen LogP contribution in [0.5, 0.6) is 5.75 Å². The van der Waals surface area contributed by atoms with E-state index < -0.39 is 11.9 Å². The van der Waals surface area contributed by atoms with Gasteiger partial charge < -0.3 is 9.84 Å². The Bertz CT molecular complexity index is 1120. The maximum Gasteiger partial charge on any atom is 0.414 e. The van der Waals surface area contributed by atoms with Gasteiger partial charge in [0.1, 0.15) is 29.5 Å². The highest BCUT2D eigenvalue weighted by atomic mass is 79.9. The molecule has 0 spiro atoms. The fourth-order valence-corrected chi connectivity index (χ4v) is 3.60. The van der Waals surface area contributed by atoms with Crippen molar-refractivity contribution in [2.45, 2.75) is 13.0 Å². The Morgan fingerprint density at radius 2 is 2.30 bits per heavy atom. The minimum Gasteiger partial charge on any atom is -0.493 e. The molecule has 0 aliphatic carbocycles. The number of nitriles is 1. The van der Waals surface area contributed by atoms with Crippen LogP contribution < -0.4 is 9.64 Å². The van der Waals surface area contributed by atoms with Crippen LogP contribution in [0.4, 0.5) is 15.1 Å². The van der Waals surface area contributed by atoms with Crippen LogP contribution in [-0.2, 0) is 13.0 Å². The van der Waals surface area contributed by atoms with Crippen molar-refractivity contribution in [1.29, 1.82) is 5.26 Å². The van der Waals surface area contributed by atoms with Crippen molar-refractivity contribution in [3.63, 3.8) is 0 Å². The molecule has 2 aromatic heterocycles. The third-order valence-corrected chi connectivity index (χ3v) is 4.92. The number of aromatic nitrogens is 3. The van der Waals surface area contributed by atoms with Gasteiger partial charge in [0.25, 0.3) is 0 Å². The smallest absolute Gasteiger partial charge is 0.414 e. The number of rotatable bonds is 3. The Morgan fingerprint density at radius 3 is 3.04 bits per heavy atom. The van der Waals surface area contributed by atoms with Crippen molar-refractivity contribution >= 4 is 33.5 Å². The minimum absolute atomic E-state index is 0.00520. The van der Waals surface area contributed by atoms with Crippen LogP contribution in [0, 0.1) is 17.1 Å². The van der Waals surface area contributed by atoms with Crippen LogP contribution >= 0.6 is 15.9 Å². The van der Waals surface area contributed by atoms with E-state index in [1.807, 2.05) is 6.07 Å². The molecule has 0 unspecified atom stereocenters. The summed E-state index contributed by atoms with van der Waals surface area (Å²) in [6.07, 6.45) is 1.89. The van der Waals surface area contributed by atoms with Gasteiger partial charge in [-0.25, -0.2) is 24.1 Å². The number of anilines is 1. The molecule has 8 nitrogen and oxygen atoms in total. The van der Waals surface area contributed by atoms with E-state index in [1.165, 1.54) is 29.1 Å². The molecule has 10 heteroatoms. The molecule has 0 bridgehead atoms. The van der Waals surface area contributed by atoms with E-state index in [2.05, 4.69) is 25.9 Å². The van der Waals surface area contributed by atoms with Crippen LogP contribution in [0.15, 0.2) is 29.1 Å². The highest BCUT2D eigenvalue weighted by molar-refractivity contribution is 9.10. The zero-order valence-corrected chi connectivity index (χ0v) is 15.3. The number of fused-ring (bicyclic) bond motifs is 2. The van der Waals surface area contributed by atoms with Crippen LogP contribution in [0.2, 0.25) is 0 Å². The van der Waals surface area contributed by atoms with Gasteiger partial charge in [-0.3, -0.25) is 4.40 Å². The molecule has 4 rings (SSSR count). The van der Waals surface area contributed by atoms with E-state index in [0.29, 0.717) is 34.3 Å². The van der Waals surface area contributed by atoms with Crippen molar-refractivity contribution in [3.05, 3.63) is 51.8 Å². The predicted octanol–water partition coefficient (Wildman–Crippen LogP) is 3.12. The lowest BCUT2D eigenvalue weighted by molar-refractivity contribution is 0.201. The van der Waals surface area contributed by atoms with Crippen LogP contribution in [-0.4, -0.2) is 32.2 Å². The third-order valence-electron chi connectivity index (χ3n) is 4.34. The largest absolute Gasteiger partial charge is 0.493 e. The summed E-state index contributed by atoms with van der Waals surface area (Å²) < 4.78 is 21.8. The number of ether oxygens (including phenoxy) is 1. The first-order valence-corrected chi connectivity index (χ1v) is 8.65. The zero-order valence-electron chi connectivity index (χ0n) is 13.7. The first kappa shape index (κ1) is 17.2. The van der Waals surface area contributed by atoms with Crippen molar-refractivity contribution < 1.29 is 19.0 Å². The quantitative estimate of drug-likeness (QED) is 0.682. The van der Waals surface area contributed by atoms with Gasteiger partial charge in [-0.2, -0.15) is 5.26 Å². The van der Waals surface area contributed by atoms with Gasteiger partial charge in [-0.15, -0.1) is 0 Å². The lowest BCUT2D eigenvalue weighted by atomic mass is 10.0. The Morgan fingerprint density at radius 1 is 1.48 bits per heavy atom. The minimum atomic E-state index is -1.31. The average molecular weight is 432 g/mol. The normalized spacial score (nSPS) is 12.5. The third kappa shape index (κ3) is 2.76. The van der Waals surface area contributed by atoms with Crippen LogP contribution in [0.25, 0.3) is 5.52 Å². The molecule has 27 heavy (non-hydrogen) atoms. The van der Waals surface area contributed by atoms with Crippen molar-refractivity contribution in [1.82, 2.24) is 14.4 Å². The van der Waals surface area contributed by atoms with Crippen LogP contribution in [0.3, 0.4) is 0 Å². The second-order valence-electron chi connectivity index (χ2n) is 5.80. The summed E-state index contributed by atoms with van der Waals surface area (Å²) in [6.45, 7) is 0.171. The fourth-order valence-electron chi connectivity index (χ4n) is 3.12. The van der Waals surface area contributed by atoms with Gasteiger partial charge in [0.15, 0.2) is 5.69 Å². The number of benzene rings is 1. The van der Waals surface area contributed by atoms with Gasteiger partial charge in [0.05, 0.1) is 17.6 Å². The zero-order chi connectivity index (χ0) is 19.1. The average Bonchev–Trinajstić information content (AvgIpc) is 3.29. The molecule has 0 atom stereocenters. The number of carboxylic acid groups (broad SMARTS) is 1. The summed E-state index contributed by atoms with van der Waals surface area (Å²) in [4.78, 5) is 21.0. The molecule has 3 aromatic rings. The van der Waals surface area contributed by atoms with E-state index in [1.54, 1.807) is 0 Å². The van der Waals surface area contributed by atoms with Gasteiger partial charge >= 0.3 is 6.09 Å². The molecular formula is C17H11BrFN5O3. The van der Waals surface area contributed by atoms with E-state index in [-0.39, 0.29) is 23.8 Å². The monoisotopic (exact) mass is 431 g/mol. The number of imidazole rings is 1. The van der Waals surface area contributed by atoms with Gasteiger partial charge in [0, 0.05) is 23.7 Å². The maximum absolute atomic E-state index is 14.5. The van der Waals surface area contributed by atoms with E-state index >= 15 is 0 Å². The topological polar surface area (TPSA) is 104 Å². The second kappa shape index (κ2) is 6.51. The Hall–Kier alpha value is -3.19. The first-order valence-electron chi connectivity index (χ1n) is 7.86. The lowest BCUT2D eigenvalue weighted by Gasteiger charge is -2.21. The Labute approximate surface area is 160 Å². The highest BCUT2D eigenvalue weighted by Gasteiger charge is 2.27. The molecular weight excluding hydrogens is 421 g/mol. The van der Waals surface area contributed by atoms with E-state index in [4.69, 9.17) is 4.74 Å².